The fourth-order valence-corrected chi connectivity index (χ4v) is 2.92. The van der Waals surface area contributed by atoms with Gasteiger partial charge >= 0.3 is 6.18 Å². The second kappa shape index (κ2) is 6.46. The number of aryl methyl sites for hydroxylation is 2. The van der Waals surface area contributed by atoms with Crippen molar-refractivity contribution in [2.24, 2.45) is 0 Å². The molecule has 118 valence electrons. The van der Waals surface area contributed by atoms with Gasteiger partial charge in [-0.05, 0) is 25.0 Å². The Kier molecular flexibility index (Phi) is 5.38. The highest BCUT2D eigenvalue weighted by molar-refractivity contribution is 7.89. The van der Waals surface area contributed by atoms with E-state index in [2.05, 4.69) is 0 Å². The molecule has 8 heteroatoms. The lowest BCUT2D eigenvalue weighted by molar-refractivity contribution is -0.143. The topological polar surface area (TPSA) is 63.2 Å². The lowest BCUT2D eigenvalue weighted by Gasteiger charge is -2.10. The summed E-state index contributed by atoms with van der Waals surface area (Å²) in [7, 11) is -4.01. The predicted octanol–water partition coefficient (Wildman–Crippen LogP) is 2.59. The Bertz CT molecular complexity index is 624. The SMILES string of the molecule is Cc1ccc(C)c(CS(=O)(=O)NC(=O)CCC(F)(F)F)c1. The average molecular weight is 323 g/mol. The lowest BCUT2D eigenvalue weighted by Crippen LogP contribution is -2.32. The quantitative estimate of drug-likeness (QED) is 0.906. The number of sulfonamides is 1. The van der Waals surface area contributed by atoms with E-state index >= 15 is 0 Å². The molecular formula is C13H16F3NO3S. The summed E-state index contributed by atoms with van der Waals surface area (Å²) < 4.78 is 61.1. The minimum absolute atomic E-state index is 0.446. The normalized spacial score (nSPS) is 12.2. The monoisotopic (exact) mass is 323 g/mol. The highest BCUT2D eigenvalue weighted by Crippen LogP contribution is 2.21. The van der Waals surface area contributed by atoms with E-state index in [1.54, 1.807) is 30.7 Å². The molecule has 0 spiro atoms. The van der Waals surface area contributed by atoms with Gasteiger partial charge in [-0.25, -0.2) is 8.42 Å². The van der Waals surface area contributed by atoms with E-state index in [4.69, 9.17) is 0 Å². The zero-order valence-electron chi connectivity index (χ0n) is 11.6. The fraction of sp³-hybridized carbons (Fsp3) is 0.462. The number of hydrogen-bond donors (Lipinski definition) is 1. The third-order valence-electron chi connectivity index (χ3n) is 2.76. The Morgan fingerprint density at radius 2 is 1.86 bits per heavy atom. The van der Waals surface area contributed by atoms with Crippen molar-refractivity contribution in [3.63, 3.8) is 0 Å². The van der Waals surface area contributed by atoms with Crippen molar-refractivity contribution in [1.82, 2.24) is 4.72 Å². The molecule has 0 fully saturated rings. The first-order valence-corrected chi connectivity index (χ1v) is 7.80. The number of hydrogen-bond acceptors (Lipinski definition) is 3. The van der Waals surface area contributed by atoms with Gasteiger partial charge in [-0.2, -0.15) is 13.2 Å². The second-order valence-electron chi connectivity index (χ2n) is 4.83. The van der Waals surface area contributed by atoms with E-state index in [9.17, 15) is 26.4 Å². The van der Waals surface area contributed by atoms with Gasteiger partial charge in [0, 0.05) is 6.42 Å². The number of rotatable bonds is 5. The average Bonchev–Trinajstić information content (AvgIpc) is 2.29. The van der Waals surface area contributed by atoms with Gasteiger partial charge in [0.05, 0.1) is 12.2 Å². The van der Waals surface area contributed by atoms with Crippen molar-refractivity contribution < 1.29 is 26.4 Å². The largest absolute Gasteiger partial charge is 0.389 e. The first kappa shape index (κ1) is 17.5. The van der Waals surface area contributed by atoms with Crippen molar-refractivity contribution in [2.75, 3.05) is 0 Å². The summed E-state index contributed by atoms with van der Waals surface area (Å²) in [5, 5.41) is 0. The summed E-state index contributed by atoms with van der Waals surface area (Å²) in [6, 6.07) is 5.22. The van der Waals surface area contributed by atoms with Crippen molar-refractivity contribution in [1.29, 1.82) is 0 Å². The first-order valence-electron chi connectivity index (χ1n) is 6.15. The van der Waals surface area contributed by atoms with Gasteiger partial charge in [-0.1, -0.05) is 23.8 Å². The Hall–Kier alpha value is -1.57. The van der Waals surface area contributed by atoms with E-state index in [-0.39, 0.29) is 0 Å². The van der Waals surface area contributed by atoms with Crippen LogP contribution in [0, 0.1) is 13.8 Å². The van der Waals surface area contributed by atoms with Gasteiger partial charge in [-0.15, -0.1) is 0 Å². The smallest absolute Gasteiger partial charge is 0.274 e. The number of carbonyl (C=O) groups is 1. The summed E-state index contributed by atoms with van der Waals surface area (Å²) >= 11 is 0. The number of halogens is 3. The summed E-state index contributed by atoms with van der Waals surface area (Å²) in [5.74, 6) is -1.60. The Morgan fingerprint density at radius 3 is 2.43 bits per heavy atom. The summed E-state index contributed by atoms with van der Waals surface area (Å²) in [6.07, 6.45) is -6.75. The molecule has 0 aliphatic heterocycles. The van der Waals surface area contributed by atoms with E-state index in [0.717, 1.165) is 11.1 Å². The molecule has 21 heavy (non-hydrogen) atoms. The summed E-state index contributed by atoms with van der Waals surface area (Å²) in [4.78, 5) is 11.3. The van der Waals surface area contributed by atoms with Crippen LogP contribution in [0.5, 0.6) is 0 Å². The minimum atomic E-state index is -4.49. The van der Waals surface area contributed by atoms with Gasteiger partial charge in [-0.3, -0.25) is 9.52 Å². The van der Waals surface area contributed by atoms with Crippen LogP contribution in [0.2, 0.25) is 0 Å². The third-order valence-corrected chi connectivity index (χ3v) is 3.98. The van der Waals surface area contributed by atoms with E-state index in [0.29, 0.717) is 5.56 Å². The maximum absolute atomic E-state index is 12.0. The fourth-order valence-electron chi connectivity index (χ4n) is 1.68. The van der Waals surface area contributed by atoms with E-state index < -0.39 is 40.7 Å². The van der Waals surface area contributed by atoms with Gasteiger partial charge in [0.15, 0.2) is 0 Å². The zero-order valence-corrected chi connectivity index (χ0v) is 12.4. The molecule has 1 N–H and O–H groups in total. The zero-order chi connectivity index (χ0) is 16.3. The number of alkyl halides is 3. The van der Waals surface area contributed by atoms with Crippen LogP contribution >= 0.6 is 0 Å². The number of carbonyl (C=O) groups excluding carboxylic acids is 1. The molecule has 1 aromatic carbocycles. The molecule has 0 radical (unpaired) electrons. The lowest BCUT2D eigenvalue weighted by atomic mass is 10.1. The van der Waals surface area contributed by atoms with Crippen LogP contribution in [0.25, 0.3) is 0 Å². The summed E-state index contributed by atoms with van der Waals surface area (Å²) in [5.41, 5.74) is 2.09. The second-order valence-corrected chi connectivity index (χ2v) is 6.55. The van der Waals surface area contributed by atoms with E-state index in [1.165, 1.54) is 0 Å². The highest BCUT2D eigenvalue weighted by atomic mass is 32.2. The Balaban J connectivity index is 2.70. The molecule has 1 rings (SSSR count). The van der Waals surface area contributed by atoms with Gasteiger partial charge in [0.1, 0.15) is 0 Å². The molecule has 0 saturated heterocycles. The standard InChI is InChI=1S/C13H16F3NO3S/c1-9-3-4-10(2)11(7-9)8-21(19,20)17-12(18)5-6-13(14,15)16/h3-4,7H,5-6,8H2,1-2H3,(H,17,18). The molecular weight excluding hydrogens is 307 g/mol. The van der Waals surface area contributed by atoms with Crippen LogP contribution < -0.4 is 4.72 Å². The first-order chi connectivity index (χ1) is 9.48. The molecule has 0 aromatic heterocycles. The number of amides is 1. The maximum Gasteiger partial charge on any atom is 0.389 e. The minimum Gasteiger partial charge on any atom is -0.274 e. The molecule has 0 aliphatic carbocycles. The van der Waals surface area contributed by atoms with Crippen molar-refractivity contribution in [2.45, 2.75) is 38.6 Å². The summed E-state index contributed by atoms with van der Waals surface area (Å²) in [6.45, 7) is 3.51. The molecule has 0 aliphatic rings. The highest BCUT2D eigenvalue weighted by Gasteiger charge is 2.28. The molecule has 0 saturated carbocycles. The molecule has 4 nitrogen and oxygen atoms in total. The molecule has 1 aromatic rings. The maximum atomic E-state index is 12.0. The van der Waals surface area contributed by atoms with Crippen LogP contribution in [0.3, 0.4) is 0 Å². The third kappa shape index (κ3) is 6.61. The van der Waals surface area contributed by atoms with Gasteiger partial charge in [0.25, 0.3) is 0 Å². The molecule has 1 amide bonds. The van der Waals surface area contributed by atoms with Crippen molar-refractivity contribution in [3.05, 3.63) is 34.9 Å². The van der Waals surface area contributed by atoms with Gasteiger partial charge < -0.3 is 0 Å². The van der Waals surface area contributed by atoms with Crippen LogP contribution in [0.15, 0.2) is 18.2 Å². The Labute approximate surface area is 121 Å². The number of benzene rings is 1. The molecule has 0 unspecified atom stereocenters. The molecule has 0 bridgehead atoms. The predicted molar refractivity (Wildman–Crippen MR) is 72.0 cm³/mol. The van der Waals surface area contributed by atoms with Gasteiger partial charge in [0.2, 0.25) is 15.9 Å². The van der Waals surface area contributed by atoms with Crippen LogP contribution in [0.1, 0.15) is 29.5 Å². The van der Waals surface area contributed by atoms with Crippen LogP contribution in [-0.2, 0) is 20.6 Å². The molecule has 0 heterocycles. The molecule has 0 atom stereocenters. The Morgan fingerprint density at radius 1 is 1.24 bits per heavy atom. The van der Waals surface area contributed by atoms with Crippen LogP contribution in [0.4, 0.5) is 13.2 Å². The van der Waals surface area contributed by atoms with Crippen molar-refractivity contribution in [3.8, 4) is 0 Å². The van der Waals surface area contributed by atoms with Crippen LogP contribution in [-0.4, -0.2) is 20.5 Å². The van der Waals surface area contributed by atoms with Crippen molar-refractivity contribution >= 4 is 15.9 Å². The van der Waals surface area contributed by atoms with E-state index in [1.807, 2.05) is 6.07 Å². The number of nitrogens with one attached hydrogen (secondary N) is 1.